The molecule has 0 bridgehead atoms. The summed E-state index contributed by atoms with van der Waals surface area (Å²) in [6.45, 7) is 2.05. The number of hydrogen-bond acceptors (Lipinski definition) is 4. The molecule has 2 aromatic rings. The predicted octanol–water partition coefficient (Wildman–Crippen LogP) is 2.69. The fourth-order valence-electron chi connectivity index (χ4n) is 2.86. The molecule has 6 heteroatoms. The Balaban J connectivity index is 1.77. The van der Waals surface area contributed by atoms with Crippen LogP contribution >= 0.6 is 11.8 Å². The summed E-state index contributed by atoms with van der Waals surface area (Å²) in [4.78, 5) is 19.2. The number of aromatic nitrogens is 2. The number of imidazole rings is 1. The van der Waals surface area contributed by atoms with Crippen molar-refractivity contribution in [2.45, 2.75) is 48.6 Å². The first-order valence-corrected chi connectivity index (χ1v) is 7.99. The van der Waals surface area contributed by atoms with Gasteiger partial charge in [-0.25, -0.2) is 4.98 Å². The van der Waals surface area contributed by atoms with E-state index in [0.717, 1.165) is 29.0 Å². The number of aryl methyl sites for hydroxylation is 1. The van der Waals surface area contributed by atoms with Crippen molar-refractivity contribution in [3.8, 4) is 0 Å². The molecule has 1 fully saturated rings. The Bertz CT molecular complexity index is 685. The number of rotatable bonds is 3. The lowest BCUT2D eigenvalue weighted by molar-refractivity contribution is -0.144. The van der Waals surface area contributed by atoms with Crippen LogP contribution in [-0.4, -0.2) is 31.8 Å². The van der Waals surface area contributed by atoms with Gasteiger partial charge in [-0.3, -0.25) is 4.79 Å². The van der Waals surface area contributed by atoms with Gasteiger partial charge in [0.15, 0.2) is 5.16 Å². The Kier molecular flexibility index (Phi) is 3.67. The highest BCUT2D eigenvalue weighted by molar-refractivity contribution is 7.99. The summed E-state index contributed by atoms with van der Waals surface area (Å²) in [6, 6.07) is 6.10. The number of fused-ring (bicyclic) bond motifs is 1. The summed E-state index contributed by atoms with van der Waals surface area (Å²) in [7, 11) is 0. The van der Waals surface area contributed by atoms with Crippen LogP contribution in [0.25, 0.3) is 11.0 Å². The third-order valence-corrected chi connectivity index (χ3v) is 5.21. The number of aliphatic carboxylic acids is 1. The fourth-order valence-corrected chi connectivity index (χ4v) is 4.17. The summed E-state index contributed by atoms with van der Waals surface area (Å²) in [6.07, 6.45) is 2.87. The van der Waals surface area contributed by atoms with E-state index in [0.29, 0.717) is 12.8 Å². The molecule has 1 aliphatic carbocycles. The predicted molar refractivity (Wildman–Crippen MR) is 83.5 cm³/mol. The molecule has 1 aromatic carbocycles. The highest BCUT2D eigenvalue weighted by Gasteiger charge is 2.39. The third kappa shape index (κ3) is 2.91. The number of hydrogen-bond donors (Lipinski definition) is 3. The molecule has 2 atom stereocenters. The van der Waals surface area contributed by atoms with Crippen LogP contribution in [0.5, 0.6) is 0 Å². The number of benzene rings is 1. The van der Waals surface area contributed by atoms with E-state index in [-0.39, 0.29) is 5.25 Å². The second-order valence-electron chi connectivity index (χ2n) is 5.86. The lowest BCUT2D eigenvalue weighted by Crippen LogP contribution is -2.51. The van der Waals surface area contributed by atoms with Crippen LogP contribution in [0.3, 0.4) is 0 Å². The average molecular weight is 305 g/mol. The Morgan fingerprint density at radius 1 is 1.57 bits per heavy atom. The van der Waals surface area contributed by atoms with Crippen molar-refractivity contribution in [3.05, 3.63) is 23.8 Å². The first-order valence-electron chi connectivity index (χ1n) is 7.12. The maximum absolute atomic E-state index is 11.3. The molecule has 3 rings (SSSR count). The molecule has 4 N–H and O–H groups in total. The minimum Gasteiger partial charge on any atom is -0.480 e. The highest BCUT2D eigenvalue weighted by atomic mass is 32.2. The zero-order valence-electron chi connectivity index (χ0n) is 11.9. The molecule has 2 unspecified atom stereocenters. The van der Waals surface area contributed by atoms with E-state index in [1.165, 1.54) is 5.56 Å². The first kappa shape index (κ1) is 14.4. The SMILES string of the molecule is Cc1ccc2nc(SC3CCCC(N)(C(=O)O)C3)[nH]c2c1. The molecule has 1 aromatic heterocycles. The van der Waals surface area contributed by atoms with Crippen molar-refractivity contribution in [2.24, 2.45) is 5.73 Å². The number of nitrogens with zero attached hydrogens (tertiary/aromatic N) is 1. The number of carboxylic acids is 1. The van der Waals surface area contributed by atoms with E-state index in [1.807, 2.05) is 19.1 Å². The second kappa shape index (κ2) is 5.35. The van der Waals surface area contributed by atoms with Crippen LogP contribution < -0.4 is 5.73 Å². The Morgan fingerprint density at radius 2 is 2.38 bits per heavy atom. The van der Waals surface area contributed by atoms with Gasteiger partial charge in [0.2, 0.25) is 0 Å². The Morgan fingerprint density at radius 3 is 3.14 bits per heavy atom. The number of nitrogens with one attached hydrogen (secondary N) is 1. The smallest absolute Gasteiger partial charge is 0.323 e. The van der Waals surface area contributed by atoms with Gasteiger partial charge in [-0.2, -0.15) is 0 Å². The van der Waals surface area contributed by atoms with Crippen LogP contribution in [0.4, 0.5) is 0 Å². The van der Waals surface area contributed by atoms with Crippen molar-refractivity contribution >= 4 is 28.8 Å². The Hall–Kier alpha value is -1.53. The molecule has 1 saturated carbocycles. The molecule has 0 amide bonds. The molecule has 0 aliphatic heterocycles. The molecule has 0 radical (unpaired) electrons. The van der Waals surface area contributed by atoms with E-state index in [2.05, 4.69) is 16.0 Å². The van der Waals surface area contributed by atoms with Gasteiger partial charge in [0.05, 0.1) is 11.0 Å². The molecule has 21 heavy (non-hydrogen) atoms. The van der Waals surface area contributed by atoms with Crippen molar-refractivity contribution in [1.82, 2.24) is 9.97 Å². The molecule has 0 spiro atoms. The lowest BCUT2D eigenvalue weighted by Gasteiger charge is -2.33. The minimum atomic E-state index is -1.08. The normalized spacial score (nSPS) is 26.1. The van der Waals surface area contributed by atoms with Gasteiger partial charge in [-0.1, -0.05) is 17.8 Å². The number of nitrogens with two attached hydrogens (primary N) is 1. The molecule has 1 aliphatic rings. The number of aromatic amines is 1. The van der Waals surface area contributed by atoms with Crippen LogP contribution in [0.15, 0.2) is 23.4 Å². The summed E-state index contributed by atoms with van der Waals surface area (Å²) in [5.41, 5.74) is 8.06. The second-order valence-corrected chi connectivity index (χ2v) is 7.15. The van der Waals surface area contributed by atoms with Gasteiger partial charge < -0.3 is 15.8 Å². The van der Waals surface area contributed by atoms with Gasteiger partial charge >= 0.3 is 5.97 Å². The summed E-state index contributed by atoms with van der Waals surface area (Å²) in [5.74, 6) is -0.895. The van der Waals surface area contributed by atoms with Crippen LogP contribution in [-0.2, 0) is 4.79 Å². The molecule has 0 saturated heterocycles. The zero-order valence-corrected chi connectivity index (χ0v) is 12.7. The lowest BCUT2D eigenvalue weighted by atomic mass is 9.82. The number of carboxylic acid groups (broad SMARTS) is 1. The van der Waals surface area contributed by atoms with Gasteiger partial charge in [0.25, 0.3) is 0 Å². The number of carbonyl (C=O) groups is 1. The van der Waals surface area contributed by atoms with E-state index >= 15 is 0 Å². The van der Waals surface area contributed by atoms with E-state index in [9.17, 15) is 9.90 Å². The zero-order chi connectivity index (χ0) is 15.0. The van der Waals surface area contributed by atoms with Gasteiger partial charge in [0.1, 0.15) is 5.54 Å². The topological polar surface area (TPSA) is 92.0 Å². The maximum atomic E-state index is 11.3. The summed E-state index contributed by atoms with van der Waals surface area (Å²) in [5, 5.41) is 10.3. The van der Waals surface area contributed by atoms with E-state index < -0.39 is 11.5 Å². The van der Waals surface area contributed by atoms with Crippen LogP contribution in [0, 0.1) is 6.92 Å². The van der Waals surface area contributed by atoms with Crippen molar-refractivity contribution in [2.75, 3.05) is 0 Å². The van der Waals surface area contributed by atoms with Gasteiger partial charge in [-0.05, 0) is 50.3 Å². The van der Waals surface area contributed by atoms with E-state index in [4.69, 9.17) is 5.73 Å². The maximum Gasteiger partial charge on any atom is 0.323 e. The molecule has 112 valence electrons. The number of thioether (sulfide) groups is 1. The van der Waals surface area contributed by atoms with Gasteiger partial charge in [0, 0.05) is 5.25 Å². The highest BCUT2D eigenvalue weighted by Crippen LogP contribution is 2.37. The minimum absolute atomic E-state index is 0.196. The third-order valence-electron chi connectivity index (χ3n) is 4.06. The van der Waals surface area contributed by atoms with E-state index in [1.54, 1.807) is 11.8 Å². The Labute approximate surface area is 127 Å². The van der Waals surface area contributed by atoms with Crippen LogP contribution in [0.1, 0.15) is 31.2 Å². The van der Waals surface area contributed by atoms with Crippen molar-refractivity contribution < 1.29 is 9.90 Å². The molecular formula is C15H19N3O2S. The van der Waals surface area contributed by atoms with Crippen molar-refractivity contribution in [3.63, 3.8) is 0 Å². The molecular weight excluding hydrogens is 286 g/mol. The monoisotopic (exact) mass is 305 g/mol. The standard InChI is InChI=1S/C15H19N3O2S/c1-9-4-5-11-12(7-9)18-14(17-11)21-10-3-2-6-15(16,8-10)13(19)20/h4-5,7,10H,2-3,6,8,16H2,1H3,(H,17,18)(H,19,20). The number of H-pyrrole nitrogens is 1. The largest absolute Gasteiger partial charge is 0.480 e. The van der Waals surface area contributed by atoms with Crippen molar-refractivity contribution in [1.29, 1.82) is 0 Å². The summed E-state index contributed by atoms with van der Waals surface area (Å²) >= 11 is 1.61. The molecule has 5 nitrogen and oxygen atoms in total. The van der Waals surface area contributed by atoms with Crippen LogP contribution in [0.2, 0.25) is 0 Å². The fraction of sp³-hybridized carbons (Fsp3) is 0.467. The average Bonchev–Trinajstić information content (AvgIpc) is 2.80. The quantitative estimate of drug-likeness (QED) is 0.811. The molecule has 1 heterocycles. The van der Waals surface area contributed by atoms with Gasteiger partial charge in [-0.15, -0.1) is 0 Å². The first-order chi connectivity index (χ1) is 9.96. The summed E-state index contributed by atoms with van der Waals surface area (Å²) < 4.78 is 0.